The summed E-state index contributed by atoms with van der Waals surface area (Å²) in [6, 6.07) is 7.33. The molecule has 0 saturated carbocycles. The second kappa shape index (κ2) is 3.05. The van der Waals surface area contributed by atoms with Crippen LogP contribution in [0.3, 0.4) is 0 Å². The van der Waals surface area contributed by atoms with Crippen molar-refractivity contribution >= 4 is 5.69 Å². The van der Waals surface area contributed by atoms with Crippen LogP contribution in [0.15, 0.2) is 24.3 Å². The second-order valence-corrected chi connectivity index (χ2v) is 3.03. The van der Waals surface area contributed by atoms with Crippen molar-refractivity contribution < 1.29 is 5.11 Å². The molecule has 1 heterocycles. The van der Waals surface area contributed by atoms with Gasteiger partial charge in [0.15, 0.2) is 0 Å². The first-order valence-electron chi connectivity index (χ1n) is 4.25. The van der Waals surface area contributed by atoms with Gasteiger partial charge in [0.05, 0.1) is 0 Å². The summed E-state index contributed by atoms with van der Waals surface area (Å²) in [6.45, 7) is 3.30. The molecule has 1 N–H and O–H groups in total. The number of nitrogens with zero attached hydrogens (tertiary/aromatic N) is 1. The van der Waals surface area contributed by atoms with Crippen LogP contribution in [0, 0.1) is 6.54 Å². The Bertz CT molecular complexity index is 249. The van der Waals surface area contributed by atoms with Crippen LogP contribution in [0.4, 0.5) is 5.69 Å². The van der Waals surface area contributed by atoms with Gasteiger partial charge in [0.2, 0.25) is 0 Å². The van der Waals surface area contributed by atoms with E-state index in [1.54, 1.807) is 12.1 Å². The Balaban J connectivity index is 2.17. The van der Waals surface area contributed by atoms with Gasteiger partial charge < -0.3 is 10.0 Å². The number of rotatable bonds is 1. The van der Waals surface area contributed by atoms with Gasteiger partial charge in [0.1, 0.15) is 5.75 Å². The lowest BCUT2D eigenvalue weighted by molar-refractivity contribution is 0.475. The first-order valence-corrected chi connectivity index (χ1v) is 4.25. The summed E-state index contributed by atoms with van der Waals surface area (Å²) in [5.74, 6) is 0.331. The third-order valence-corrected chi connectivity index (χ3v) is 2.13. The summed E-state index contributed by atoms with van der Waals surface area (Å²) < 4.78 is 0. The average molecular weight is 162 g/mol. The van der Waals surface area contributed by atoms with E-state index in [1.165, 1.54) is 18.5 Å². The second-order valence-electron chi connectivity index (χ2n) is 3.03. The summed E-state index contributed by atoms with van der Waals surface area (Å²) >= 11 is 0. The minimum atomic E-state index is 0.331. The van der Waals surface area contributed by atoms with Crippen molar-refractivity contribution in [3.05, 3.63) is 30.8 Å². The molecule has 0 atom stereocenters. The van der Waals surface area contributed by atoms with E-state index in [4.69, 9.17) is 5.11 Å². The number of hydrogen-bond donors (Lipinski definition) is 1. The lowest BCUT2D eigenvalue weighted by atomic mass is 10.3. The van der Waals surface area contributed by atoms with Gasteiger partial charge in [-0.2, -0.15) is 0 Å². The van der Waals surface area contributed by atoms with E-state index in [9.17, 15) is 0 Å². The topological polar surface area (TPSA) is 23.5 Å². The van der Waals surface area contributed by atoms with Crippen LogP contribution in [0.5, 0.6) is 5.75 Å². The Kier molecular flexibility index (Phi) is 1.90. The Morgan fingerprint density at radius 3 is 2.50 bits per heavy atom. The Morgan fingerprint density at radius 1 is 1.17 bits per heavy atom. The molecule has 1 radical (unpaired) electrons. The van der Waals surface area contributed by atoms with Gasteiger partial charge in [0.25, 0.3) is 0 Å². The largest absolute Gasteiger partial charge is 0.508 e. The number of benzene rings is 1. The minimum Gasteiger partial charge on any atom is -0.508 e. The van der Waals surface area contributed by atoms with E-state index in [0.717, 1.165) is 6.54 Å². The molecule has 1 aromatic rings. The predicted octanol–water partition coefficient (Wildman–Crippen LogP) is 2.15. The zero-order valence-electron chi connectivity index (χ0n) is 6.90. The molecular weight excluding hydrogens is 150 g/mol. The van der Waals surface area contributed by atoms with Crippen LogP contribution < -0.4 is 4.90 Å². The fourth-order valence-corrected chi connectivity index (χ4v) is 1.48. The molecule has 0 aromatic heterocycles. The summed E-state index contributed by atoms with van der Waals surface area (Å²) in [7, 11) is 0. The van der Waals surface area contributed by atoms with Crippen LogP contribution in [0.25, 0.3) is 0 Å². The normalized spacial score (nSPS) is 16.8. The number of hydrogen-bond acceptors (Lipinski definition) is 2. The molecule has 0 amide bonds. The van der Waals surface area contributed by atoms with E-state index in [2.05, 4.69) is 11.4 Å². The molecule has 0 aliphatic carbocycles. The fraction of sp³-hybridized carbons (Fsp3) is 0.300. The van der Waals surface area contributed by atoms with Crippen molar-refractivity contribution in [2.75, 3.05) is 11.4 Å². The molecular formula is C10H12NO. The number of anilines is 1. The standard InChI is InChI=1S/C10H12NO/c12-10-5-3-9(4-6-10)11-7-1-2-8-11/h3-7,12H,1-2,8H2. The Hall–Kier alpha value is -1.18. The van der Waals surface area contributed by atoms with Gasteiger partial charge in [-0.15, -0.1) is 0 Å². The maximum absolute atomic E-state index is 9.07. The molecule has 1 aliphatic heterocycles. The van der Waals surface area contributed by atoms with Crippen molar-refractivity contribution in [2.24, 2.45) is 0 Å². The molecule has 1 saturated heterocycles. The van der Waals surface area contributed by atoms with E-state index >= 15 is 0 Å². The third kappa shape index (κ3) is 1.37. The zero-order valence-corrected chi connectivity index (χ0v) is 6.90. The maximum Gasteiger partial charge on any atom is 0.115 e. The number of aromatic hydroxyl groups is 1. The van der Waals surface area contributed by atoms with Crippen molar-refractivity contribution in [1.82, 2.24) is 0 Å². The predicted molar refractivity (Wildman–Crippen MR) is 49.0 cm³/mol. The van der Waals surface area contributed by atoms with Crippen LogP contribution in [-0.4, -0.2) is 11.7 Å². The van der Waals surface area contributed by atoms with E-state index < -0.39 is 0 Å². The summed E-state index contributed by atoms with van der Waals surface area (Å²) in [6.07, 6.45) is 2.40. The SMILES string of the molecule is Oc1ccc(N2[CH]CCC2)cc1. The minimum absolute atomic E-state index is 0.331. The Labute approximate surface area is 72.4 Å². The molecule has 2 heteroatoms. The van der Waals surface area contributed by atoms with Crippen LogP contribution in [0.2, 0.25) is 0 Å². The van der Waals surface area contributed by atoms with Crippen molar-refractivity contribution in [3.63, 3.8) is 0 Å². The highest BCUT2D eigenvalue weighted by Crippen LogP contribution is 2.24. The van der Waals surface area contributed by atoms with Crippen LogP contribution in [-0.2, 0) is 0 Å². The van der Waals surface area contributed by atoms with E-state index in [1.807, 2.05) is 12.1 Å². The molecule has 0 bridgehead atoms. The molecule has 2 rings (SSSR count). The zero-order chi connectivity index (χ0) is 8.39. The van der Waals surface area contributed by atoms with Gasteiger partial charge >= 0.3 is 0 Å². The highest BCUT2D eigenvalue weighted by molar-refractivity contribution is 5.50. The Morgan fingerprint density at radius 2 is 1.92 bits per heavy atom. The lowest BCUT2D eigenvalue weighted by Gasteiger charge is -2.16. The lowest BCUT2D eigenvalue weighted by Crippen LogP contribution is -2.12. The molecule has 1 fully saturated rings. The van der Waals surface area contributed by atoms with Crippen molar-refractivity contribution in [2.45, 2.75) is 12.8 Å². The van der Waals surface area contributed by atoms with Gasteiger partial charge in [-0.25, -0.2) is 0 Å². The average Bonchev–Trinajstić information content (AvgIpc) is 2.58. The van der Waals surface area contributed by atoms with Gasteiger partial charge in [-0.1, -0.05) is 0 Å². The summed E-state index contributed by atoms with van der Waals surface area (Å²) in [4.78, 5) is 2.22. The van der Waals surface area contributed by atoms with Gasteiger partial charge in [-0.3, -0.25) is 0 Å². The van der Waals surface area contributed by atoms with Crippen molar-refractivity contribution in [1.29, 1.82) is 0 Å². The molecule has 12 heavy (non-hydrogen) atoms. The quantitative estimate of drug-likeness (QED) is 0.684. The molecule has 0 spiro atoms. The molecule has 63 valence electrons. The van der Waals surface area contributed by atoms with Gasteiger partial charge in [-0.05, 0) is 37.1 Å². The molecule has 2 nitrogen and oxygen atoms in total. The fourth-order valence-electron chi connectivity index (χ4n) is 1.48. The molecule has 0 unspecified atom stereocenters. The van der Waals surface area contributed by atoms with E-state index in [-0.39, 0.29) is 0 Å². The van der Waals surface area contributed by atoms with Crippen LogP contribution in [0.1, 0.15) is 12.8 Å². The summed E-state index contributed by atoms with van der Waals surface area (Å²) in [5.41, 5.74) is 1.17. The van der Waals surface area contributed by atoms with Crippen LogP contribution >= 0.6 is 0 Å². The first kappa shape index (κ1) is 7.47. The molecule has 1 aliphatic rings. The number of phenols is 1. The smallest absolute Gasteiger partial charge is 0.115 e. The van der Waals surface area contributed by atoms with Crippen molar-refractivity contribution in [3.8, 4) is 5.75 Å². The third-order valence-electron chi connectivity index (χ3n) is 2.13. The summed E-state index contributed by atoms with van der Waals surface area (Å²) in [5, 5.41) is 9.07. The molecule has 1 aromatic carbocycles. The highest BCUT2D eigenvalue weighted by atomic mass is 16.3. The monoisotopic (exact) mass is 162 g/mol. The van der Waals surface area contributed by atoms with Gasteiger partial charge in [0, 0.05) is 18.8 Å². The highest BCUT2D eigenvalue weighted by Gasteiger charge is 2.11. The van der Waals surface area contributed by atoms with E-state index in [0.29, 0.717) is 5.75 Å². The maximum atomic E-state index is 9.07. The number of phenolic OH excluding ortho intramolecular Hbond substituents is 1. The first-order chi connectivity index (χ1) is 5.86.